The Hall–Kier alpha value is -1.58. The second-order valence-electron chi connectivity index (χ2n) is 5.78. The largest absolute Gasteiger partial charge is 0.334 e. The maximum absolute atomic E-state index is 12.6. The highest BCUT2D eigenvalue weighted by molar-refractivity contribution is 5.80. The van der Waals surface area contributed by atoms with Crippen LogP contribution in [-0.2, 0) is 0 Å². The molecular formula is C14H23N3O. The topological polar surface area (TPSA) is 38.1 Å². The average Bonchev–Trinajstić information content (AvgIpc) is 2.61. The number of aryl methyl sites for hydroxylation is 1. The molecule has 0 aliphatic heterocycles. The van der Waals surface area contributed by atoms with Gasteiger partial charge < -0.3 is 0 Å². The van der Waals surface area contributed by atoms with Crippen molar-refractivity contribution in [3.63, 3.8) is 0 Å². The summed E-state index contributed by atoms with van der Waals surface area (Å²) in [4.78, 5) is 18.4. The molecule has 1 aromatic rings. The Morgan fingerprint density at radius 2 is 2.00 bits per heavy atom. The zero-order chi connectivity index (χ0) is 14.1. The molecule has 1 heterocycles. The number of carbonyl (C=O) groups is 1. The van der Waals surface area contributed by atoms with Crippen LogP contribution in [0.2, 0.25) is 0 Å². The van der Waals surface area contributed by atoms with Crippen molar-refractivity contribution in [2.45, 2.75) is 47.1 Å². The first-order chi connectivity index (χ1) is 8.16. The van der Waals surface area contributed by atoms with Crippen LogP contribution in [0.5, 0.6) is 0 Å². The third-order valence-corrected chi connectivity index (χ3v) is 2.85. The lowest BCUT2D eigenvalue weighted by Crippen LogP contribution is -2.47. The summed E-state index contributed by atoms with van der Waals surface area (Å²) >= 11 is 0. The Balaban J connectivity index is 3.17. The van der Waals surface area contributed by atoms with Gasteiger partial charge in [0.25, 0.3) is 0 Å². The van der Waals surface area contributed by atoms with E-state index in [0.29, 0.717) is 5.82 Å². The van der Waals surface area contributed by atoms with Gasteiger partial charge in [-0.3, -0.25) is 9.47 Å². The minimum absolute atomic E-state index is 0.101. The monoisotopic (exact) mass is 249 g/mol. The van der Waals surface area contributed by atoms with Gasteiger partial charge in [0, 0.05) is 23.6 Å². The predicted molar refractivity (Wildman–Crippen MR) is 73.3 cm³/mol. The van der Waals surface area contributed by atoms with Crippen molar-refractivity contribution in [1.82, 2.24) is 14.5 Å². The van der Waals surface area contributed by atoms with Gasteiger partial charge in [0.15, 0.2) is 0 Å². The van der Waals surface area contributed by atoms with E-state index in [-0.39, 0.29) is 17.5 Å². The lowest BCUT2D eigenvalue weighted by atomic mass is 10.0. The fraction of sp³-hybridized carbons (Fsp3) is 0.571. The Labute approximate surface area is 109 Å². The Bertz CT molecular complexity index is 452. The van der Waals surface area contributed by atoms with Crippen LogP contribution in [0.4, 0.5) is 4.79 Å². The SMILES string of the molecule is C=C(C(C)C)N(C(=O)n1ccnc1C)C(C)(C)C. The fourth-order valence-corrected chi connectivity index (χ4v) is 1.79. The van der Waals surface area contributed by atoms with Crippen molar-refractivity contribution in [2.75, 3.05) is 0 Å². The normalized spacial score (nSPS) is 11.7. The molecule has 0 saturated heterocycles. The first-order valence-corrected chi connectivity index (χ1v) is 6.19. The van der Waals surface area contributed by atoms with Crippen LogP contribution in [-0.4, -0.2) is 26.0 Å². The summed E-state index contributed by atoms with van der Waals surface area (Å²) in [5.74, 6) is 0.905. The van der Waals surface area contributed by atoms with E-state index in [1.807, 2.05) is 41.5 Å². The molecule has 0 aliphatic carbocycles. The van der Waals surface area contributed by atoms with Crippen LogP contribution in [0.15, 0.2) is 24.7 Å². The zero-order valence-corrected chi connectivity index (χ0v) is 12.2. The summed E-state index contributed by atoms with van der Waals surface area (Å²) in [5.41, 5.74) is 0.510. The molecule has 18 heavy (non-hydrogen) atoms. The van der Waals surface area contributed by atoms with E-state index in [1.54, 1.807) is 21.9 Å². The molecule has 0 aliphatic rings. The fourth-order valence-electron chi connectivity index (χ4n) is 1.79. The van der Waals surface area contributed by atoms with Crippen molar-refractivity contribution in [1.29, 1.82) is 0 Å². The summed E-state index contributed by atoms with van der Waals surface area (Å²) in [6.45, 7) is 16.0. The van der Waals surface area contributed by atoms with Crippen molar-refractivity contribution in [3.05, 3.63) is 30.5 Å². The molecule has 4 nitrogen and oxygen atoms in total. The van der Waals surface area contributed by atoms with Gasteiger partial charge in [0.2, 0.25) is 0 Å². The van der Waals surface area contributed by atoms with Crippen molar-refractivity contribution in [3.8, 4) is 0 Å². The van der Waals surface area contributed by atoms with E-state index in [4.69, 9.17) is 0 Å². The lowest BCUT2D eigenvalue weighted by molar-refractivity contribution is 0.164. The van der Waals surface area contributed by atoms with Gasteiger partial charge in [-0.15, -0.1) is 0 Å². The number of hydrogen-bond acceptors (Lipinski definition) is 2. The summed E-state index contributed by atoms with van der Waals surface area (Å²) < 4.78 is 1.55. The molecule has 0 aromatic carbocycles. The maximum Gasteiger partial charge on any atom is 0.334 e. The van der Waals surface area contributed by atoms with Gasteiger partial charge in [-0.1, -0.05) is 20.4 Å². The second-order valence-corrected chi connectivity index (χ2v) is 5.78. The van der Waals surface area contributed by atoms with Gasteiger partial charge >= 0.3 is 6.03 Å². The minimum atomic E-state index is -0.310. The summed E-state index contributed by atoms with van der Waals surface area (Å²) in [6, 6.07) is -0.101. The Morgan fingerprint density at radius 3 is 2.33 bits per heavy atom. The molecular weight excluding hydrogens is 226 g/mol. The van der Waals surface area contributed by atoms with E-state index in [1.165, 1.54) is 0 Å². The van der Waals surface area contributed by atoms with E-state index in [0.717, 1.165) is 5.70 Å². The van der Waals surface area contributed by atoms with Crippen LogP contribution in [0, 0.1) is 12.8 Å². The molecule has 0 saturated carbocycles. The molecule has 0 unspecified atom stereocenters. The molecule has 0 N–H and O–H groups in total. The molecule has 0 spiro atoms. The van der Waals surface area contributed by atoms with Crippen LogP contribution < -0.4 is 0 Å². The van der Waals surface area contributed by atoms with Crippen LogP contribution >= 0.6 is 0 Å². The third kappa shape index (κ3) is 2.81. The number of nitrogens with zero attached hydrogens (tertiary/aromatic N) is 3. The molecule has 0 fully saturated rings. The van der Waals surface area contributed by atoms with Crippen LogP contribution in [0.3, 0.4) is 0 Å². The van der Waals surface area contributed by atoms with Crippen molar-refractivity contribution >= 4 is 6.03 Å². The van der Waals surface area contributed by atoms with Gasteiger partial charge in [0.1, 0.15) is 5.82 Å². The molecule has 0 atom stereocenters. The lowest BCUT2D eigenvalue weighted by Gasteiger charge is -2.38. The molecule has 1 amide bonds. The second kappa shape index (κ2) is 4.96. The summed E-state index contributed by atoms with van der Waals surface area (Å²) in [5, 5.41) is 0. The van der Waals surface area contributed by atoms with Crippen LogP contribution in [0.1, 0.15) is 40.4 Å². The van der Waals surface area contributed by atoms with E-state index < -0.39 is 0 Å². The zero-order valence-electron chi connectivity index (χ0n) is 12.2. The molecule has 100 valence electrons. The molecule has 0 bridgehead atoms. The maximum atomic E-state index is 12.6. The highest BCUT2D eigenvalue weighted by Crippen LogP contribution is 2.25. The van der Waals surface area contributed by atoms with E-state index in [9.17, 15) is 4.79 Å². The molecule has 1 aromatic heterocycles. The third-order valence-electron chi connectivity index (χ3n) is 2.85. The average molecular weight is 249 g/mol. The minimum Gasteiger partial charge on any atom is -0.293 e. The van der Waals surface area contributed by atoms with Crippen molar-refractivity contribution in [2.24, 2.45) is 5.92 Å². The number of carbonyl (C=O) groups excluding carboxylic acids is 1. The van der Waals surface area contributed by atoms with Crippen molar-refractivity contribution < 1.29 is 4.79 Å². The Morgan fingerprint density at radius 1 is 1.44 bits per heavy atom. The number of amides is 1. The molecule has 0 radical (unpaired) electrons. The van der Waals surface area contributed by atoms with Gasteiger partial charge in [-0.25, -0.2) is 9.78 Å². The first kappa shape index (κ1) is 14.5. The van der Waals surface area contributed by atoms with Gasteiger partial charge in [-0.2, -0.15) is 0 Å². The van der Waals surface area contributed by atoms with E-state index in [2.05, 4.69) is 11.6 Å². The molecule has 4 heteroatoms. The first-order valence-electron chi connectivity index (χ1n) is 6.19. The smallest absolute Gasteiger partial charge is 0.293 e. The van der Waals surface area contributed by atoms with Gasteiger partial charge in [0.05, 0.1) is 0 Å². The standard InChI is InChI=1S/C14H23N3O/c1-10(2)11(3)17(14(5,6)7)13(18)16-9-8-15-12(16)4/h8-10H,3H2,1-2,4-7H3. The van der Waals surface area contributed by atoms with E-state index >= 15 is 0 Å². The Kier molecular flexibility index (Phi) is 3.99. The number of allylic oxidation sites excluding steroid dienone is 1. The quantitative estimate of drug-likeness (QED) is 0.805. The number of rotatable bonds is 2. The highest BCUT2D eigenvalue weighted by atomic mass is 16.2. The summed E-state index contributed by atoms with van der Waals surface area (Å²) in [6.07, 6.45) is 3.32. The highest BCUT2D eigenvalue weighted by Gasteiger charge is 2.31. The predicted octanol–water partition coefficient (Wildman–Crippen LogP) is 3.43. The van der Waals surface area contributed by atoms with Crippen LogP contribution in [0.25, 0.3) is 0 Å². The molecule has 1 rings (SSSR count). The number of hydrogen-bond donors (Lipinski definition) is 0. The number of imidazole rings is 1. The number of aromatic nitrogens is 2. The van der Waals surface area contributed by atoms with Gasteiger partial charge in [-0.05, 0) is 33.6 Å². The summed E-state index contributed by atoms with van der Waals surface area (Å²) in [7, 11) is 0.